The van der Waals surface area contributed by atoms with Gasteiger partial charge in [0.1, 0.15) is 16.8 Å². The van der Waals surface area contributed by atoms with Crippen LogP contribution >= 0.6 is 0 Å². The smallest absolute Gasteiger partial charge is 0.462 e. The Labute approximate surface area is 390 Å². The number of nitrogens with two attached hydrogens (primary N) is 1. The molecule has 1 unspecified atom stereocenters. The molecule has 0 radical (unpaired) electrons. The number of ether oxygens (including phenoxy) is 9. The molecule has 0 rings (SSSR count). The Balaban J connectivity index is -0.000000245. The second-order valence-electron chi connectivity index (χ2n) is 17.4. The van der Waals surface area contributed by atoms with Gasteiger partial charge in [-0.15, -0.1) is 0 Å². The molecule has 0 fully saturated rings. The molecule has 15 nitrogen and oxygen atoms in total. The predicted molar refractivity (Wildman–Crippen MR) is 235 cm³/mol. The van der Waals surface area contributed by atoms with E-state index in [9.17, 15) is 19.2 Å². The normalized spacial score (nSPS) is 12.1. The van der Waals surface area contributed by atoms with E-state index in [0.717, 1.165) is 6.42 Å². The topological polar surface area (TPSA) is 189 Å². The molecule has 3 N–H and O–H groups in total. The summed E-state index contributed by atoms with van der Waals surface area (Å²) in [7, 11) is 0. The van der Waals surface area contributed by atoms with E-state index in [0.29, 0.717) is 71.3 Å². The van der Waals surface area contributed by atoms with Crippen molar-refractivity contribution < 1.29 is 92.9 Å². The first kappa shape index (κ1) is 70.3. The van der Waals surface area contributed by atoms with E-state index in [2.05, 4.69) is 51.6 Å². The van der Waals surface area contributed by atoms with Crippen molar-refractivity contribution in [3.8, 4) is 0 Å². The Bertz CT molecular complexity index is 987. The second kappa shape index (κ2) is 42.9. The van der Waals surface area contributed by atoms with Crippen LogP contribution in [0.4, 0.5) is 0 Å². The number of amides is 1. The SMILES string of the molecule is CC.CC(C)(C)C.CC(C)(C)OC=O.[CH2-]C(COCCC)(COCCC(=O)OC(C)(C)C)NC(=O)CCOCCOCCOCCOCCN.[CH2-]CC(=O)OC(C)(C)C.[U+2]. The third-order valence-electron chi connectivity index (χ3n) is 5.26. The van der Waals surface area contributed by atoms with Crippen LogP contribution in [0.2, 0.25) is 0 Å². The van der Waals surface area contributed by atoms with E-state index >= 15 is 0 Å². The van der Waals surface area contributed by atoms with Crippen molar-refractivity contribution in [1.82, 2.24) is 5.32 Å². The summed E-state index contributed by atoms with van der Waals surface area (Å²) in [4.78, 5) is 44.4. The summed E-state index contributed by atoms with van der Waals surface area (Å²) in [5.41, 5.74) is 3.62. The monoisotopic (exact) mass is 1090 g/mol. The van der Waals surface area contributed by atoms with E-state index in [1.54, 1.807) is 0 Å². The van der Waals surface area contributed by atoms with Gasteiger partial charge in [-0.2, -0.15) is 0 Å². The zero-order chi connectivity index (χ0) is 47.0. The van der Waals surface area contributed by atoms with Crippen molar-refractivity contribution in [1.29, 1.82) is 0 Å². The molecule has 0 saturated carbocycles. The van der Waals surface area contributed by atoms with Gasteiger partial charge in [-0.1, -0.05) is 54.9 Å². The molecule has 1 atom stereocenters. The number of carbonyl (C=O) groups is 4. The van der Waals surface area contributed by atoms with Crippen molar-refractivity contribution in [3.63, 3.8) is 0 Å². The van der Waals surface area contributed by atoms with Gasteiger partial charge in [0.15, 0.2) is 0 Å². The molecule has 1 amide bonds. The number of carbonyl (C=O) groups excluding carboxylic acids is 4. The summed E-state index contributed by atoms with van der Waals surface area (Å²) < 4.78 is 47.3. The van der Waals surface area contributed by atoms with Crippen LogP contribution in [0.5, 0.6) is 0 Å². The largest absolute Gasteiger partial charge is 2.00 e. The van der Waals surface area contributed by atoms with Gasteiger partial charge >= 0.3 is 37.1 Å². The Morgan fingerprint density at radius 3 is 1.27 bits per heavy atom. The Morgan fingerprint density at radius 2 is 0.950 bits per heavy atom. The van der Waals surface area contributed by atoms with Gasteiger partial charge in [0, 0.05) is 32.8 Å². The number of esters is 2. The van der Waals surface area contributed by atoms with E-state index in [-0.39, 0.29) is 106 Å². The van der Waals surface area contributed by atoms with Crippen molar-refractivity contribution in [2.24, 2.45) is 11.1 Å². The minimum atomic E-state index is -0.974. The van der Waals surface area contributed by atoms with Crippen molar-refractivity contribution in [2.45, 2.75) is 159 Å². The standard InChI is InChI=1S/C25H49N2O9.C7H13O2.C5H10O2.C5H12.C2H6.U/c1-6-10-34-20-25(5,21-35-12-8-23(29)36-24(2,3)4)27-22(28)7-11-30-14-16-32-18-19-33-17-15-31-13-9-26;1-5-6(8)9-7(2,3)4;1-5(2,3)7-4-6;1-5(2,3)4;1-2;/h5-21,26H2,1-4H3,(H,27,28);1,5H2,2-4H3;4H,1-3H3;1-4H3;1-2H3;/q2*-1;;;;+2. The van der Waals surface area contributed by atoms with Gasteiger partial charge < -0.3 is 67.5 Å². The molecule has 16 heteroatoms. The third kappa shape index (κ3) is 74.1. The number of nitrogens with one attached hydrogen (secondary N) is 1. The van der Waals surface area contributed by atoms with Gasteiger partial charge in [0.25, 0.3) is 12.4 Å². The van der Waals surface area contributed by atoms with Crippen molar-refractivity contribution in [2.75, 3.05) is 85.8 Å². The predicted octanol–water partition coefficient (Wildman–Crippen LogP) is 6.85. The molecule has 0 aliphatic heterocycles. The summed E-state index contributed by atoms with van der Waals surface area (Å²) >= 11 is 0. The molecular weight excluding hydrogens is 1000 g/mol. The van der Waals surface area contributed by atoms with Gasteiger partial charge in [-0.3, -0.25) is 19.2 Å². The van der Waals surface area contributed by atoms with Crippen LogP contribution in [0.15, 0.2) is 0 Å². The molecule has 0 bridgehead atoms. The maximum atomic E-state index is 12.4. The molecule has 0 aromatic heterocycles. The first-order chi connectivity index (χ1) is 27.1. The fourth-order valence-corrected chi connectivity index (χ4v) is 3.25. The number of rotatable bonds is 26. The first-order valence-electron chi connectivity index (χ1n) is 20.8. The molecule has 0 aromatic carbocycles. The van der Waals surface area contributed by atoms with Crippen LogP contribution in [0.1, 0.15) is 136 Å². The number of hydrogen-bond donors (Lipinski definition) is 2. The summed E-state index contributed by atoms with van der Waals surface area (Å²) in [5.74, 6) is -0.820. The van der Waals surface area contributed by atoms with Crippen molar-refractivity contribution >= 4 is 24.3 Å². The third-order valence-corrected chi connectivity index (χ3v) is 5.26. The van der Waals surface area contributed by atoms with Crippen LogP contribution in [0, 0.1) is 50.4 Å². The first-order valence-corrected chi connectivity index (χ1v) is 20.8. The molecule has 0 aliphatic rings. The van der Waals surface area contributed by atoms with E-state index in [1.807, 2.05) is 83.1 Å². The summed E-state index contributed by atoms with van der Waals surface area (Å²) in [6.45, 7) is 44.1. The Hall–Kier alpha value is -1.35. The summed E-state index contributed by atoms with van der Waals surface area (Å²) in [5, 5.41) is 2.86. The average molecular weight is 1090 g/mol. The summed E-state index contributed by atoms with van der Waals surface area (Å²) in [6, 6.07) is 0. The van der Waals surface area contributed by atoms with E-state index in [4.69, 9.17) is 43.6 Å². The zero-order valence-corrected chi connectivity index (χ0v) is 45.1. The minimum Gasteiger partial charge on any atom is -0.462 e. The maximum Gasteiger partial charge on any atom is 2.00 e. The molecule has 0 spiro atoms. The molecule has 358 valence electrons. The van der Waals surface area contributed by atoms with Gasteiger partial charge in [-0.05, 0) is 79.7 Å². The fourth-order valence-electron chi connectivity index (χ4n) is 3.25. The van der Waals surface area contributed by atoms with Crippen molar-refractivity contribution in [3.05, 3.63) is 13.8 Å². The van der Waals surface area contributed by atoms with Crippen LogP contribution < -0.4 is 11.1 Å². The second-order valence-corrected chi connectivity index (χ2v) is 17.4. The van der Waals surface area contributed by atoms with Gasteiger partial charge in [0.2, 0.25) is 5.91 Å². The molecule has 60 heavy (non-hydrogen) atoms. The minimum absolute atomic E-state index is 0. The van der Waals surface area contributed by atoms with Gasteiger partial charge in [-0.25, -0.2) is 0 Å². The fraction of sp³-hybridized carbons (Fsp3) is 0.864. The van der Waals surface area contributed by atoms with Crippen LogP contribution in [0.3, 0.4) is 0 Å². The van der Waals surface area contributed by atoms with Crippen LogP contribution in [-0.2, 0) is 61.8 Å². The van der Waals surface area contributed by atoms with E-state index in [1.165, 1.54) is 0 Å². The van der Waals surface area contributed by atoms with Crippen LogP contribution in [-0.4, -0.2) is 132 Å². The summed E-state index contributed by atoms with van der Waals surface area (Å²) in [6.07, 6.45) is 1.32. The molecular formula is C44H90N2O13U. The van der Waals surface area contributed by atoms with Gasteiger partial charge in [0.05, 0.1) is 65.9 Å². The molecule has 0 aromatic rings. The molecule has 0 aliphatic carbocycles. The maximum absolute atomic E-state index is 12.4. The molecule has 0 heterocycles. The zero-order valence-electron chi connectivity index (χ0n) is 40.9. The van der Waals surface area contributed by atoms with E-state index < -0.39 is 11.1 Å². The number of hydrogen-bond acceptors (Lipinski definition) is 14. The Kier molecular flexibility index (Phi) is 50.3. The molecule has 0 saturated heterocycles. The average Bonchev–Trinajstić information content (AvgIpc) is 3.07. The quantitative estimate of drug-likeness (QED) is 0.0301. The Morgan fingerprint density at radius 1 is 0.583 bits per heavy atom. The van der Waals surface area contributed by atoms with Crippen LogP contribution in [0.25, 0.3) is 0 Å².